The largest absolute Gasteiger partial charge is 0.493 e. The topological polar surface area (TPSA) is 101 Å². The Balaban J connectivity index is 1.58. The molecule has 4 aromatic rings. The second kappa shape index (κ2) is 10.2. The molecule has 9 nitrogen and oxygen atoms in total. The standard InChI is InChI=1S/C26H24ClFN4O5/c1-35-22-7-3-5-17(26(22)36-2)25-18-11-15(27)12-19(28)24(18)32-9-4-6-20(32)21(37-25)8-10-31-14-16(29-30-31)13-23(33)34/h3-7,9,11-12,14,21,25H,8,10,13H2,1-2H3,(H,33,34)/t21-,25-/m1/s1. The van der Waals surface area contributed by atoms with Crippen molar-refractivity contribution in [1.29, 1.82) is 0 Å². The van der Waals surface area contributed by atoms with Crippen molar-refractivity contribution in [3.63, 3.8) is 0 Å². The van der Waals surface area contributed by atoms with Crippen LogP contribution in [-0.2, 0) is 22.5 Å². The number of carboxylic acids is 1. The van der Waals surface area contributed by atoms with E-state index in [0.717, 1.165) is 5.69 Å². The fourth-order valence-corrected chi connectivity index (χ4v) is 4.93. The number of benzene rings is 2. The number of carboxylic acid groups (broad SMARTS) is 1. The lowest BCUT2D eigenvalue weighted by molar-refractivity contribution is -0.136. The van der Waals surface area contributed by atoms with Gasteiger partial charge < -0.3 is 23.9 Å². The third kappa shape index (κ3) is 4.77. The molecule has 5 rings (SSSR count). The summed E-state index contributed by atoms with van der Waals surface area (Å²) in [5, 5.41) is 17.2. The number of carbonyl (C=O) groups is 1. The normalized spacial score (nSPS) is 16.5. The van der Waals surface area contributed by atoms with Gasteiger partial charge in [-0.2, -0.15) is 0 Å². The Morgan fingerprint density at radius 1 is 1.19 bits per heavy atom. The smallest absolute Gasteiger partial charge is 0.309 e. The van der Waals surface area contributed by atoms with E-state index in [2.05, 4.69) is 10.3 Å². The molecule has 0 amide bonds. The van der Waals surface area contributed by atoms with Crippen molar-refractivity contribution >= 4 is 17.6 Å². The maximum absolute atomic E-state index is 15.5. The number of hydrogen-bond acceptors (Lipinski definition) is 6. The zero-order chi connectivity index (χ0) is 26.1. The molecule has 3 heterocycles. The van der Waals surface area contributed by atoms with Crippen LogP contribution in [0.25, 0.3) is 5.69 Å². The van der Waals surface area contributed by atoms with Gasteiger partial charge in [0, 0.05) is 35.1 Å². The Morgan fingerprint density at radius 2 is 2.03 bits per heavy atom. The third-order valence-electron chi connectivity index (χ3n) is 6.25. The SMILES string of the molecule is COc1cccc([C@H]2O[C@H](CCn3cc(CC(=O)O)nn3)c3cccn3-c3c(F)cc(Cl)cc32)c1OC. The van der Waals surface area contributed by atoms with E-state index in [9.17, 15) is 4.79 Å². The van der Waals surface area contributed by atoms with E-state index in [1.807, 2.05) is 24.3 Å². The van der Waals surface area contributed by atoms with E-state index >= 15 is 4.39 Å². The molecular weight excluding hydrogens is 503 g/mol. The number of halogens is 2. The molecule has 1 aliphatic rings. The van der Waals surface area contributed by atoms with Crippen LogP contribution < -0.4 is 9.47 Å². The first-order valence-corrected chi connectivity index (χ1v) is 11.9. The Kier molecular flexibility index (Phi) is 6.86. The number of hydrogen-bond donors (Lipinski definition) is 1. The summed E-state index contributed by atoms with van der Waals surface area (Å²) >= 11 is 6.32. The first-order valence-electron chi connectivity index (χ1n) is 11.5. The number of aryl methyl sites for hydroxylation is 1. The lowest BCUT2D eigenvalue weighted by Gasteiger charge is -2.25. The number of aromatic nitrogens is 4. The Labute approximate surface area is 216 Å². The van der Waals surface area contributed by atoms with Crippen molar-refractivity contribution in [2.75, 3.05) is 14.2 Å². The van der Waals surface area contributed by atoms with Gasteiger partial charge in [-0.15, -0.1) is 5.10 Å². The van der Waals surface area contributed by atoms with E-state index < -0.39 is 24.0 Å². The van der Waals surface area contributed by atoms with Crippen molar-refractivity contribution in [3.8, 4) is 17.2 Å². The summed E-state index contributed by atoms with van der Waals surface area (Å²) in [6.07, 6.45) is 2.39. The monoisotopic (exact) mass is 526 g/mol. The van der Waals surface area contributed by atoms with Crippen LogP contribution in [0.1, 0.15) is 41.1 Å². The van der Waals surface area contributed by atoms with E-state index in [1.165, 1.54) is 13.2 Å². The van der Waals surface area contributed by atoms with Crippen molar-refractivity contribution in [2.24, 2.45) is 0 Å². The molecule has 0 spiro atoms. The van der Waals surface area contributed by atoms with Crippen LogP contribution in [0.2, 0.25) is 5.02 Å². The summed E-state index contributed by atoms with van der Waals surface area (Å²) in [7, 11) is 3.09. The van der Waals surface area contributed by atoms with Crippen molar-refractivity contribution in [1.82, 2.24) is 19.6 Å². The molecule has 11 heteroatoms. The van der Waals surface area contributed by atoms with Gasteiger partial charge in [-0.25, -0.2) is 4.39 Å². The van der Waals surface area contributed by atoms with Gasteiger partial charge in [0.25, 0.3) is 0 Å². The summed E-state index contributed by atoms with van der Waals surface area (Å²) in [6, 6.07) is 12.1. The molecule has 1 N–H and O–H groups in total. The fourth-order valence-electron chi connectivity index (χ4n) is 4.72. The van der Waals surface area contributed by atoms with Gasteiger partial charge in [0.15, 0.2) is 11.5 Å². The molecule has 0 unspecified atom stereocenters. The molecule has 2 aromatic heterocycles. The van der Waals surface area contributed by atoms with Gasteiger partial charge in [0.2, 0.25) is 0 Å². The zero-order valence-corrected chi connectivity index (χ0v) is 20.9. The van der Waals surface area contributed by atoms with Crippen LogP contribution >= 0.6 is 11.6 Å². The third-order valence-corrected chi connectivity index (χ3v) is 6.46. The minimum absolute atomic E-state index is 0.212. The summed E-state index contributed by atoms with van der Waals surface area (Å²) < 4.78 is 36.7. The fraction of sp³-hybridized carbons (Fsp3) is 0.269. The first kappa shape index (κ1) is 24.8. The second-order valence-electron chi connectivity index (χ2n) is 8.55. The Morgan fingerprint density at radius 3 is 2.78 bits per heavy atom. The predicted octanol–water partition coefficient (Wildman–Crippen LogP) is 4.76. The number of rotatable bonds is 8. The second-order valence-corrected chi connectivity index (χ2v) is 8.98. The van der Waals surface area contributed by atoms with E-state index in [1.54, 1.807) is 40.9 Å². The number of aliphatic carboxylic acids is 1. The quantitative estimate of drug-likeness (QED) is 0.353. The van der Waals surface area contributed by atoms with Gasteiger partial charge >= 0.3 is 5.97 Å². The van der Waals surface area contributed by atoms with Crippen LogP contribution in [0.15, 0.2) is 54.9 Å². The molecular formula is C26H24ClFN4O5. The highest BCUT2D eigenvalue weighted by Gasteiger charge is 2.34. The highest BCUT2D eigenvalue weighted by atomic mass is 35.5. The molecule has 2 aromatic carbocycles. The van der Waals surface area contributed by atoms with Crippen molar-refractivity contribution in [2.45, 2.75) is 31.6 Å². The van der Waals surface area contributed by atoms with E-state index in [0.29, 0.717) is 47.0 Å². The number of para-hydroxylation sites is 1. The highest BCUT2D eigenvalue weighted by molar-refractivity contribution is 6.30. The minimum atomic E-state index is -0.981. The molecule has 1 aliphatic heterocycles. The van der Waals surface area contributed by atoms with Crippen LogP contribution in [0, 0.1) is 5.82 Å². The maximum Gasteiger partial charge on any atom is 0.309 e. The molecule has 37 heavy (non-hydrogen) atoms. The Bertz CT molecular complexity index is 1450. The molecule has 0 bridgehead atoms. The van der Waals surface area contributed by atoms with E-state index in [4.69, 9.17) is 30.9 Å². The summed E-state index contributed by atoms with van der Waals surface area (Å²) in [6.45, 7) is 0.393. The number of methoxy groups -OCH3 is 2. The maximum atomic E-state index is 15.5. The molecule has 0 fully saturated rings. The average molecular weight is 527 g/mol. The van der Waals surface area contributed by atoms with Crippen molar-refractivity contribution in [3.05, 3.63) is 88.2 Å². The number of fused-ring (bicyclic) bond motifs is 3. The van der Waals surface area contributed by atoms with Gasteiger partial charge in [-0.1, -0.05) is 28.9 Å². The minimum Gasteiger partial charge on any atom is -0.493 e. The zero-order valence-electron chi connectivity index (χ0n) is 20.1. The molecule has 0 saturated carbocycles. The van der Waals surface area contributed by atoms with Gasteiger partial charge in [0.1, 0.15) is 18.0 Å². The van der Waals surface area contributed by atoms with Crippen molar-refractivity contribution < 1.29 is 28.5 Å². The predicted molar refractivity (Wildman–Crippen MR) is 132 cm³/mol. The lowest BCUT2D eigenvalue weighted by atomic mass is 9.98. The van der Waals surface area contributed by atoms with Crippen LogP contribution in [0.5, 0.6) is 11.5 Å². The highest BCUT2D eigenvalue weighted by Crippen LogP contribution is 2.47. The summed E-state index contributed by atoms with van der Waals surface area (Å²) in [4.78, 5) is 11.0. The molecule has 0 saturated heterocycles. The molecule has 2 atom stereocenters. The number of ether oxygens (including phenoxy) is 3. The van der Waals surface area contributed by atoms with Crippen LogP contribution in [0.4, 0.5) is 4.39 Å². The van der Waals surface area contributed by atoms with E-state index in [-0.39, 0.29) is 11.4 Å². The molecule has 0 radical (unpaired) electrons. The van der Waals surface area contributed by atoms with Crippen LogP contribution in [0.3, 0.4) is 0 Å². The first-order chi connectivity index (χ1) is 17.9. The Hall–Kier alpha value is -3.89. The molecule has 192 valence electrons. The lowest BCUT2D eigenvalue weighted by Crippen LogP contribution is -2.14. The van der Waals surface area contributed by atoms with Gasteiger partial charge in [-0.05, 0) is 36.8 Å². The number of nitrogens with zero attached hydrogens (tertiary/aromatic N) is 4. The summed E-state index contributed by atoms with van der Waals surface area (Å²) in [5.41, 5.74) is 2.65. The van der Waals surface area contributed by atoms with Gasteiger partial charge in [0.05, 0.1) is 37.7 Å². The average Bonchev–Trinajstić information content (AvgIpc) is 3.50. The summed E-state index contributed by atoms with van der Waals surface area (Å²) in [5.74, 6) is -0.473. The van der Waals surface area contributed by atoms with Gasteiger partial charge in [-0.3, -0.25) is 9.48 Å². The van der Waals surface area contributed by atoms with Crippen LogP contribution in [-0.4, -0.2) is 44.9 Å². The molecule has 0 aliphatic carbocycles.